The van der Waals surface area contributed by atoms with Crippen LogP contribution in [0.15, 0.2) is 18.3 Å². The zero-order valence-electron chi connectivity index (χ0n) is 7.80. The lowest BCUT2D eigenvalue weighted by molar-refractivity contribution is 0.418. The first-order chi connectivity index (χ1) is 5.70. The molecule has 64 valence electrons. The van der Waals surface area contributed by atoms with Gasteiger partial charge in [0.05, 0.1) is 0 Å². The molecule has 0 aliphatic heterocycles. The number of aromatic nitrogens is 1. The van der Waals surface area contributed by atoms with Gasteiger partial charge in [-0.3, -0.25) is 4.98 Å². The summed E-state index contributed by atoms with van der Waals surface area (Å²) in [6, 6.07) is 4.25. The summed E-state index contributed by atoms with van der Waals surface area (Å²) in [4.78, 5) is 4.47. The van der Waals surface area contributed by atoms with Crippen LogP contribution in [0.1, 0.15) is 37.9 Å². The molecule has 0 atom stereocenters. The highest BCUT2D eigenvalue weighted by Crippen LogP contribution is 2.34. The van der Waals surface area contributed by atoms with Gasteiger partial charge >= 0.3 is 0 Å². The molecule has 1 nitrogen and oxygen atoms in total. The second kappa shape index (κ2) is 2.58. The highest BCUT2D eigenvalue weighted by atomic mass is 14.7. The SMILES string of the molecule is CC1(C)CCCc2cccnc21. The minimum absolute atomic E-state index is 0.300. The maximum absolute atomic E-state index is 4.47. The van der Waals surface area contributed by atoms with Crippen LogP contribution in [-0.4, -0.2) is 4.98 Å². The maximum atomic E-state index is 4.47. The van der Waals surface area contributed by atoms with Crippen LogP contribution in [-0.2, 0) is 11.8 Å². The van der Waals surface area contributed by atoms with E-state index < -0.39 is 0 Å². The second-order valence-electron chi connectivity index (χ2n) is 4.25. The molecule has 2 rings (SSSR count). The minimum atomic E-state index is 0.300. The summed E-state index contributed by atoms with van der Waals surface area (Å²) in [6.45, 7) is 4.58. The van der Waals surface area contributed by atoms with Gasteiger partial charge in [0, 0.05) is 17.3 Å². The Balaban J connectivity index is 2.52. The number of aryl methyl sites for hydroxylation is 1. The van der Waals surface area contributed by atoms with E-state index in [1.165, 1.54) is 30.5 Å². The van der Waals surface area contributed by atoms with Crippen LogP contribution >= 0.6 is 0 Å². The fraction of sp³-hybridized carbons (Fsp3) is 0.545. The van der Waals surface area contributed by atoms with Gasteiger partial charge in [-0.2, -0.15) is 0 Å². The van der Waals surface area contributed by atoms with Gasteiger partial charge < -0.3 is 0 Å². The quantitative estimate of drug-likeness (QED) is 0.570. The Labute approximate surface area is 73.8 Å². The van der Waals surface area contributed by atoms with E-state index in [0.717, 1.165) is 0 Å². The van der Waals surface area contributed by atoms with Gasteiger partial charge in [0.25, 0.3) is 0 Å². The Morgan fingerprint density at radius 2 is 2.25 bits per heavy atom. The third kappa shape index (κ3) is 1.13. The molecule has 0 N–H and O–H groups in total. The largest absolute Gasteiger partial charge is 0.260 e. The molecule has 0 aromatic carbocycles. The Morgan fingerprint density at radius 3 is 3.00 bits per heavy atom. The van der Waals surface area contributed by atoms with Gasteiger partial charge in [-0.1, -0.05) is 19.9 Å². The van der Waals surface area contributed by atoms with Crippen molar-refractivity contribution in [2.75, 3.05) is 0 Å². The molecule has 0 saturated carbocycles. The van der Waals surface area contributed by atoms with Crippen molar-refractivity contribution in [3.8, 4) is 0 Å². The van der Waals surface area contributed by atoms with Crippen molar-refractivity contribution in [1.29, 1.82) is 0 Å². The van der Waals surface area contributed by atoms with Crippen molar-refractivity contribution in [2.24, 2.45) is 0 Å². The lowest BCUT2D eigenvalue weighted by Gasteiger charge is -2.30. The van der Waals surface area contributed by atoms with Crippen molar-refractivity contribution in [3.63, 3.8) is 0 Å². The predicted molar refractivity (Wildman–Crippen MR) is 50.2 cm³/mol. The van der Waals surface area contributed by atoms with Crippen LogP contribution in [0.2, 0.25) is 0 Å². The van der Waals surface area contributed by atoms with E-state index in [2.05, 4.69) is 24.9 Å². The number of rotatable bonds is 0. The summed E-state index contributed by atoms with van der Waals surface area (Å²) in [6.07, 6.45) is 5.71. The van der Waals surface area contributed by atoms with Crippen LogP contribution in [0.25, 0.3) is 0 Å². The minimum Gasteiger partial charge on any atom is -0.260 e. The van der Waals surface area contributed by atoms with Crippen LogP contribution in [0, 0.1) is 0 Å². The Morgan fingerprint density at radius 1 is 1.42 bits per heavy atom. The second-order valence-corrected chi connectivity index (χ2v) is 4.25. The molecular weight excluding hydrogens is 146 g/mol. The van der Waals surface area contributed by atoms with Crippen LogP contribution < -0.4 is 0 Å². The average molecular weight is 161 g/mol. The highest BCUT2D eigenvalue weighted by Gasteiger charge is 2.27. The van der Waals surface area contributed by atoms with E-state index in [0.29, 0.717) is 5.41 Å². The fourth-order valence-electron chi connectivity index (χ4n) is 2.09. The molecule has 0 saturated heterocycles. The van der Waals surface area contributed by atoms with Crippen molar-refractivity contribution in [3.05, 3.63) is 29.6 Å². The monoisotopic (exact) mass is 161 g/mol. The summed E-state index contributed by atoms with van der Waals surface area (Å²) in [7, 11) is 0. The lowest BCUT2D eigenvalue weighted by Crippen LogP contribution is -2.25. The molecule has 1 aliphatic rings. The first kappa shape index (κ1) is 7.78. The van der Waals surface area contributed by atoms with Gasteiger partial charge in [-0.05, 0) is 30.9 Å². The van der Waals surface area contributed by atoms with Crippen molar-refractivity contribution in [2.45, 2.75) is 38.5 Å². The molecule has 1 aliphatic carbocycles. The highest BCUT2D eigenvalue weighted by molar-refractivity contribution is 5.28. The number of hydrogen-bond donors (Lipinski definition) is 0. The predicted octanol–water partition coefficient (Wildman–Crippen LogP) is 2.70. The van der Waals surface area contributed by atoms with Gasteiger partial charge in [0.15, 0.2) is 0 Å². The zero-order valence-corrected chi connectivity index (χ0v) is 7.80. The molecule has 1 heteroatoms. The number of nitrogens with zero attached hydrogens (tertiary/aromatic N) is 1. The van der Waals surface area contributed by atoms with Gasteiger partial charge in [0.2, 0.25) is 0 Å². The third-order valence-electron chi connectivity index (χ3n) is 2.78. The fourth-order valence-corrected chi connectivity index (χ4v) is 2.09. The molecule has 1 heterocycles. The molecular formula is C11H15N. The normalized spacial score (nSPS) is 20.2. The average Bonchev–Trinajstić information content (AvgIpc) is 2.04. The van der Waals surface area contributed by atoms with E-state index >= 15 is 0 Å². The first-order valence-electron chi connectivity index (χ1n) is 4.64. The van der Waals surface area contributed by atoms with Gasteiger partial charge in [0.1, 0.15) is 0 Å². The van der Waals surface area contributed by atoms with Gasteiger partial charge in [-0.25, -0.2) is 0 Å². The molecule has 0 amide bonds. The Kier molecular flexibility index (Phi) is 1.67. The van der Waals surface area contributed by atoms with Crippen LogP contribution in [0.4, 0.5) is 0 Å². The van der Waals surface area contributed by atoms with E-state index in [1.807, 2.05) is 12.3 Å². The molecule has 0 spiro atoms. The zero-order chi connectivity index (χ0) is 8.60. The first-order valence-corrected chi connectivity index (χ1v) is 4.64. The smallest absolute Gasteiger partial charge is 0.0491 e. The summed E-state index contributed by atoms with van der Waals surface area (Å²) < 4.78 is 0. The molecule has 1 aromatic heterocycles. The van der Waals surface area contributed by atoms with Crippen LogP contribution in [0.3, 0.4) is 0 Å². The van der Waals surface area contributed by atoms with E-state index in [4.69, 9.17) is 0 Å². The standard InChI is InChI=1S/C11H15N/c1-11(2)7-3-5-9-6-4-8-12-10(9)11/h4,6,8H,3,5,7H2,1-2H3. The van der Waals surface area contributed by atoms with Crippen molar-refractivity contribution < 1.29 is 0 Å². The van der Waals surface area contributed by atoms with E-state index in [1.54, 1.807) is 0 Å². The van der Waals surface area contributed by atoms with E-state index in [9.17, 15) is 0 Å². The van der Waals surface area contributed by atoms with Crippen LogP contribution in [0.5, 0.6) is 0 Å². The Hall–Kier alpha value is -0.850. The molecule has 12 heavy (non-hydrogen) atoms. The summed E-state index contributed by atoms with van der Waals surface area (Å²) in [5.41, 5.74) is 3.07. The molecule has 0 bridgehead atoms. The Bertz CT molecular complexity index is 289. The third-order valence-corrected chi connectivity index (χ3v) is 2.78. The molecule has 0 unspecified atom stereocenters. The number of pyridine rings is 1. The summed E-state index contributed by atoms with van der Waals surface area (Å²) >= 11 is 0. The maximum Gasteiger partial charge on any atom is 0.0491 e. The van der Waals surface area contributed by atoms with Crippen molar-refractivity contribution >= 4 is 0 Å². The number of hydrogen-bond acceptors (Lipinski definition) is 1. The van der Waals surface area contributed by atoms with E-state index in [-0.39, 0.29) is 0 Å². The summed E-state index contributed by atoms with van der Waals surface area (Å²) in [5, 5.41) is 0. The van der Waals surface area contributed by atoms with Gasteiger partial charge in [-0.15, -0.1) is 0 Å². The molecule has 0 fully saturated rings. The number of fused-ring (bicyclic) bond motifs is 1. The molecule has 0 radical (unpaired) electrons. The van der Waals surface area contributed by atoms with Crippen molar-refractivity contribution in [1.82, 2.24) is 4.98 Å². The lowest BCUT2D eigenvalue weighted by atomic mass is 9.76. The topological polar surface area (TPSA) is 12.9 Å². The molecule has 1 aromatic rings. The summed E-state index contributed by atoms with van der Waals surface area (Å²) in [5.74, 6) is 0.